The third-order valence-corrected chi connectivity index (χ3v) is 14.4. The minimum atomic E-state index is -1.00. The van der Waals surface area contributed by atoms with Gasteiger partial charge in [-0.15, -0.1) is 22.7 Å². The van der Waals surface area contributed by atoms with Crippen molar-refractivity contribution in [3.8, 4) is 0 Å². The second kappa shape index (κ2) is 36.3. The number of rotatable bonds is 16. The number of nitrogens with one attached hydrogen (secondary N) is 1. The standard InChI is InChI=1S/C23H30ClNO2S.C16H22BrClO2.C7H9NS.CH3F.CH2O3.2K.H/c1-4-27-22(26)23(2,3)13-7-10-20(18-8-5-6-9-19(18)24)25-14-11-21-17(16-25)12-15-28-21;1-4-20-15(19)16(2,3)11-7-9-13(17)12-8-5-6-10-14(12)18;1-3-8-5-6-2-4-9-7(1)6;1-2;2-1-4-3;;;/h5-6,8-9,12,15,20H,4,7,10-11,13-14,16H2,1-3H3;5-6,8,10,13H,4,7,9,11H2,1-3H3;2,4,8H,1,3,5H2;1H3;1,3H;;;/q;;;;;2*+1;-1/p-1/i;;;1D;;;;. The molecule has 17 heteroatoms. The monoisotopic (exact) mass is 1090 g/mol. The van der Waals surface area contributed by atoms with Crippen molar-refractivity contribution in [3.63, 3.8) is 0 Å². The van der Waals surface area contributed by atoms with Crippen molar-refractivity contribution >= 4 is 80.2 Å². The average molecular weight is 1100 g/mol. The summed E-state index contributed by atoms with van der Waals surface area (Å²) >= 11 is 20.2. The van der Waals surface area contributed by atoms with Crippen molar-refractivity contribution in [2.45, 2.75) is 117 Å². The molecule has 4 heterocycles. The van der Waals surface area contributed by atoms with Gasteiger partial charge in [-0.1, -0.05) is 88.4 Å². The second-order valence-electron chi connectivity index (χ2n) is 16.1. The number of hydrogen-bond acceptors (Lipinski definition) is 11. The summed E-state index contributed by atoms with van der Waals surface area (Å²) in [7, 11) is -1.00. The van der Waals surface area contributed by atoms with Gasteiger partial charge in [-0.3, -0.25) is 23.7 Å². The number of alkyl halides is 2. The summed E-state index contributed by atoms with van der Waals surface area (Å²) in [6, 6.07) is 20.7. The Bertz CT molecular complexity index is 1950. The molecule has 2 aromatic carbocycles. The first-order chi connectivity index (χ1) is 30.6. The second-order valence-corrected chi connectivity index (χ2v) is 20.0. The van der Waals surface area contributed by atoms with Crippen molar-refractivity contribution in [3.05, 3.63) is 113 Å². The summed E-state index contributed by atoms with van der Waals surface area (Å²) in [6.07, 6.45) is 7.75. The van der Waals surface area contributed by atoms with Crippen LogP contribution in [0.4, 0.5) is 4.39 Å². The molecule has 0 fully saturated rings. The maximum Gasteiger partial charge on any atom is 1.00 e. The van der Waals surface area contributed by atoms with E-state index in [1.807, 2.05) is 101 Å². The normalized spacial score (nSPS) is 13.9. The van der Waals surface area contributed by atoms with Gasteiger partial charge in [0, 0.05) is 56.8 Å². The zero-order valence-electron chi connectivity index (χ0n) is 41.4. The van der Waals surface area contributed by atoms with Gasteiger partial charge in [0.15, 0.2) is 0 Å². The van der Waals surface area contributed by atoms with E-state index in [-0.39, 0.29) is 133 Å². The third kappa shape index (κ3) is 23.4. The summed E-state index contributed by atoms with van der Waals surface area (Å²) in [4.78, 5) is 41.1. The van der Waals surface area contributed by atoms with Gasteiger partial charge >= 0.3 is 115 Å². The molecule has 65 heavy (non-hydrogen) atoms. The number of benzene rings is 2. The number of ether oxygens (including phenoxy) is 2. The van der Waals surface area contributed by atoms with Crippen molar-refractivity contribution in [1.82, 2.24) is 10.2 Å². The molecule has 0 aliphatic carbocycles. The number of fused-ring (bicyclic) bond motifs is 2. The van der Waals surface area contributed by atoms with Crippen molar-refractivity contribution in [2.24, 2.45) is 10.8 Å². The van der Waals surface area contributed by atoms with E-state index in [9.17, 15) is 14.0 Å². The summed E-state index contributed by atoms with van der Waals surface area (Å²) < 4.78 is 25.8. The molecule has 2 aliphatic heterocycles. The predicted octanol–water partition coefficient (Wildman–Crippen LogP) is 6.33. The van der Waals surface area contributed by atoms with Crippen LogP contribution in [-0.2, 0) is 54.7 Å². The van der Waals surface area contributed by atoms with E-state index in [2.05, 4.69) is 66.1 Å². The summed E-state index contributed by atoms with van der Waals surface area (Å²) in [6.45, 7) is 16.5. The predicted molar refractivity (Wildman–Crippen MR) is 259 cm³/mol. The Morgan fingerprint density at radius 2 is 1.35 bits per heavy atom. The number of carbonyl (C=O) groups is 3. The van der Waals surface area contributed by atoms with Gasteiger partial charge in [-0.05, 0) is 137 Å². The van der Waals surface area contributed by atoms with Crippen LogP contribution < -0.4 is 113 Å². The average Bonchev–Trinajstić information content (AvgIpc) is 3.97. The molecule has 0 spiro atoms. The van der Waals surface area contributed by atoms with Crippen LogP contribution in [0.25, 0.3) is 0 Å². The van der Waals surface area contributed by atoms with Gasteiger partial charge in [0.25, 0.3) is 6.47 Å². The molecule has 0 saturated heterocycles. The molecule has 2 unspecified atom stereocenters. The van der Waals surface area contributed by atoms with Crippen LogP contribution >= 0.6 is 61.8 Å². The molecule has 2 atom stereocenters. The van der Waals surface area contributed by atoms with Gasteiger partial charge in [-0.2, -0.15) is 0 Å². The molecule has 6 rings (SSSR count). The molecule has 1 N–H and O–H groups in total. The van der Waals surface area contributed by atoms with Gasteiger partial charge in [0.1, 0.15) is 0 Å². The van der Waals surface area contributed by atoms with Crippen LogP contribution in [-0.4, -0.2) is 56.8 Å². The molecule has 352 valence electrons. The molecule has 2 aromatic heterocycles. The number of halogens is 4. The molecular formula is C48H66BrCl2FK2N2O7S2. The zero-order chi connectivity index (χ0) is 47.5. The number of hydrogen-bond donors (Lipinski definition) is 1. The summed E-state index contributed by atoms with van der Waals surface area (Å²) in [5.74, 6) is -0.228. The quantitative estimate of drug-likeness (QED) is 0.0344. The maximum atomic E-state index is 12.2. The summed E-state index contributed by atoms with van der Waals surface area (Å²) in [5, 5.41) is 17.7. The van der Waals surface area contributed by atoms with Gasteiger partial charge in [-0.25, -0.2) is 0 Å². The first-order valence-corrected chi connectivity index (χ1v) is 24.6. The SMILES string of the molecule is CCOC(=O)C(C)(C)CCCC(Br)c1ccccc1Cl.CCOC(=O)C(C)(C)CCCC(c1ccccc1Cl)N1CCc2sccc2C1.O=CO[O-].[2H]CF.[H-].[K+].[K+].c1cc2c(s1)CCNC2. The fraction of sp³-hybridized carbons (Fsp3) is 0.521. The van der Waals surface area contributed by atoms with E-state index in [0.717, 1.165) is 86.7 Å². The number of nitrogens with zero attached hydrogens (tertiary/aromatic N) is 1. The molecule has 0 radical (unpaired) electrons. The maximum absolute atomic E-state index is 12.2. The Kier molecular flexibility index (Phi) is 35.4. The van der Waals surface area contributed by atoms with Crippen LogP contribution in [0.2, 0.25) is 10.0 Å². The van der Waals surface area contributed by atoms with E-state index in [4.69, 9.17) is 44.1 Å². The molecule has 2 aliphatic rings. The molecule has 0 amide bonds. The van der Waals surface area contributed by atoms with Crippen LogP contribution in [0.5, 0.6) is 0 Å². The Labute approximate surface area is 501 Å². The molecular weight excluding hydrogens is 1030 g/mol. The van der Waals surface area contributed by atoms with E-state index >= 15 is 0 Å². The molecule has 4 aromatic rings. The van der Waals surface area contributed by atoms with E-state index < -0.39 is 18.0 Å². The Balaban J connectivity index is 0. The van der Waals surface area contributed by atoms with E-state index in [1.54, 1.807) is 4.88 Å². The molecule has 0 bridgehead atoms. The van der Waals surface area contributed by atoms with Crippen molar-refractivity contribution < 1.29 is 144 Å². The topological polar surface area (TPSA) is 117 Å². The fourth-order valence-electron chi connectivity index (χ4n) is 7.19. The zero-order valence-corrected chi connectivity index (χ0v) is 50.4. The first kappa shape index (κ1) is 63.4. The summed E-state index contributed by atoms with van der Waals surface area (Å²) in [5.41, 5.74) is 4.36. The van der Waals surface area contributed by atoms with Gasteiger partial charge in [0.05, 0.1) is 32.6 Å². The Morgan fingerprint density at radius 3 is 1.85 bits per heavy atom. The van der Waals surface area contributed by atoms with E-state index in [1.165, 1.54) is 28.0 Å². The van der Waals surface area contributed by atoms with Crippen LogP contribution in [0.3, 0.4) is 0 Å². The van der Waals surface area contributed by atoms with Crippen molar-refractivity contribution in [2.75, 3.05) is 33.5 Å². The molecule has 9 nitrogen and oxygen atoms in total. The van der Waals surface area contributed by atoms with Crippen molar-refractivity contribution in [1.29, 1.82) is 0 Å². The minimum absolute atomic E-state index is 0. The number of thiophene rings is 2. The fourth-order valence-corrected chi connectivity index (χ4v) is 10.4. The molecule has 0 saturated carbocycles. The van der Waals surface area contributed by atoms with Crippen LogP contribution in [0.15, 0.2) is 71.4 Å². The number of esters is 2. The van der Waals surface area contributed by atoms with Gasteiger partial charge in [0.2, 0.25) is 0 Å². The smallest absolute Gasteiger partial charge is 1.00 e. The van der Waals surface area contributed by atoms with Gasteiger partial charge < -0.3 is 26.4 Å². The van der Waals surface area contributed by atoms with E-state index in [0.29, 0.717) is 13.2 Å². The Morgan fingerprint density at radius 1 is 0.877 bits per heavy atom. The minimum Gasteiger partial charge on any atom is -1.00 e. The largest absolute Gasteiger partial charge is 1.00 e. The Hall–Kier alpha value is 0.393. The number of carbonyl (C=O) groups excluding carboxylic acids is 3. The first-order valence-electron chi connectivity index (χ1n) is 21.9. The van der Waals surface area contributed by atoms with Crippen LogP contribution in [0, 0.1) is 10.8 Å². The third-order valence-electron chi connectivity index (χ3n) is 10.7. The van der Waals surface area contributed by atoms with Crippen LogP contribution in [0.1, 0.15) is 126 Å².